The summed E-state index contributed by atoms with van der Waals surface area (Å²) in [5.74, 6) is 0. The highest BCUT2D eigenvalue weighted by atomic mass is 16.6. The Morgan fingerprint density at radius 1 is 1.14 bits per heavy atom. The highest BCUT2D eigenvalue weighted by molar-refractivity contribution is 5.78. The second kappa shape index (κ2) is 8.30. The molecule has 0 N–H and O–H groups in total. The van der Waals surface area contributed by atoms with Crippen molar-refractivity contribution in [2.24, 2.45) is 5.16 Å². The van der Waals surface area contributed by atoms with Gasteiger partial charge in [0.2, 0.25) is 0 Å². The van der Waals surface area contributed by atoms with E-state index in [1.54, 1.807) is 6.21 Å². The fourth-order valence-corrected chi connectivity index (χ4v) is 0.752. The van der Waals surface area contributed by atoms with E-state index in [1.807, 2.05) is 58.0 Å². The van der Waals surface area contributed by atoms with Crippen molar-refractivity contribution in [3.8, 4) is 0 Å². The number of nitrogens with zero attached hydrogens (tertiary/aromatic N) is 1. The van der Waals surface area contributed by atoms with Crippen LogP contribution < -0.4 is 0 Å². The van der Waals surface area contributed by atoms with Gasteiger partial charge in [0.1, 0.15) is 6.10 Å². The van der Waals surface area contributed by atoms with Gasteiger partial charge in [0.15, 0.2) is 0 Å². The summed E-state index contributed by atoms with van der Waals surface area (Å²) in [5, 5.41) is 3.82. The molecule has 0 radical (unpaired) electrons. The first-order chi connectivity index (χ1) is 6.79. The third kappa shape index (κ3) is 6.23. The molecule has 0 atom stereocenters. The Bertz CT molecular complexity index is 242. The van der Waals surface area contributed by atoms with E-state index in [2.05, 4.69) is 5.16 Å². The van der Waals surface area contributed by atoms with Gasteiger partial charge in [-0.15, -0.1) is 0 Å². The summed E-state index contributed by atoms with van der Waals surface area (Å²) in [6.07, 6.45) is 1.85. The lowest BCUT2D eigenvalue weighted by Gasteiger charge is -1.99. The molecule has 0 aliphatic carbocycles. The first-order valence-electron chi connectivity index (χ1n) is 5.03. The van der Waals surface area contributed by atoms with Crippen molar-refractivity contribution >= 4 is 6.21 Å². The van der Waals surface area contributed by atoms with Crippen LogP contribution in [-0.4, -0.2) is 12.3 Å². The van der Waals surface area contributed by atoms with Gasteiger partial charge in [0, 0.05) is 0 Å². The zero-order valence-electron chi connectivity index (χ0n) is 9.40. The van der Waals surface area contributed by atoms with Crippen molar-refractivity contribution in [2.75, 3.05) is 0 Å². The maximum atomic E-state index is 5.02. The summed E-state index contributed by atoms with van der Waals surface area (Å²) in [6.45, 7) is 7.89. The Morgan fingerprint density at radius 2 is 1.71 bits per heavy atom. The molecule has 78 valence electrons. The lowest BCUT2D eigenvalue weighted by molar-refractivity contribution is 0.0874. The van der Waals surface area contributed by atoms with Gasteiger partial charge < -0.3 is 4.84 Å². The minimum Gasteiger partial charge on any atom is -0.393 e. The first-order valence-corrected chi connectivity index (χ1v) is 5.03. The molecule has 2 heteroatoms. The van der Waals surface area contributed by atoms with Crippen molar-refractivity contribution in [1.82, 2.24) is 0 Å². The highest BCUT2D eigenvalue weighted by Crippen LogP contribution is 1.95. The van der Waals surface area contributed by atoms with E-state index >= 15 is 0 Å². The quantitative estimate of drug-likeness (QED) is 0.532. The number of oxime groups is 1. The summed E-state index contributed by atoms with van der Waals surface area (Å²) in [4.78, 5) is 5.02. The SMILES string of the molecule is CC.CC(C)O/N=C/c1ccccc1. The van der Waals surface area contributed by atoms with E-state index in [-0.39, 0.29) is 6.10 Å². The van der Waals surface area contributed by atoms with Gasteiger partial charge in [-0.2, -0.15) is 0 Å². The van der Waals surface area contributed by atoms with Crippen LogP contribution in [0.1, 0.15) is 33.3 Å². The van der Waals surface area contributed by atoms with E-state index in [0.29, 0.717) is 0 Å². The molecule has 2 nitrogen and oxygen atoms in total. The van der Waals surface area contributed by atoms with Gasteiger partial charge in [-0.25, -0.2) is 0 Å². The summed E-state index contributed by atoms with van der Waals surface area (Å²) in [6, 6.07) is 9.87. The Balaban J connectivity index is 0.000000791. The second-order valence-electron chi connectivity index (χ2n) is 2.80. The number of benzene rings is 1. The van der Waals surface area contributed by atoms with Crippen LogP contribution in [0.3, 0.4) is 0 Å². The average Bonchev–Trinajstić information content (AvgIpc) is 2.22. The Hall–Kier alpha value is -1.31. The molecule has 1 rings (SSSR count). The standard InChI is InChI=1S/C10H13NO.C2H6/c1-9(2)12-11-8-10-6-4-3-5-7-10;1-2/h3-9H,1-2H3;1-2H3/b11-8+;. The smallest absolute Gasteiger partial charge is 0.122 e. The lowest BCUT2D eigenvalue weighted by atomic mass is 10.2. The molecule has 0 heterocycles. The van der Waals surface area contributed by atoms with Crippen LogP contribution in [0.25, 0.3) is 0 Å². The molecule has 0 unspecified atom stereocenters. The molecular weight excluding hydrogens is 174 g/mol. The van der Waals surface area contributed by atoms with Crippen LogP contribution >= 0.6 is 0 Å². The second-order valence-corrected chi connectivity index (χ2v) is 2.80. The average molecular weight is 193 g/mol. The molecular formula is C12H19NO. The summed E-state index contributed by atoms with van der Waals surface area (Å²) in [5.41, 5.74) is 1.05. The van der Waals surface area contributed by atoms with Crippen LogP contribution in [0, 0.1) is 0 Å². The van der Waals surface area contributed by atoms with Crippen molar-refractivity contribution in [3.63, 3.8) is 0 Å². The molecule has 0 amide bonds. The van der Waals surface area contributed by atoms with Gasteiger partial charge >= 0.3 is 0 Å². The van der Waals surface area contributed by atoms with E-state index in [1.165, 1.54) is 0 Å². The lowest BCUT2D eigenvalue weighted by Crippen LogP contribution is -1.95. The fourth-order valence-electron chi connectivity index (χ4n) is 0.752. The zero-order valence-corrected chi connectivity index (χ0v) is 9.40. The zero-order chi connectivity index (χ0) is 10.8. The molecule has 0 bridgehead atoms. The van der Waals surface area contributed by atoms with Gasteiger partial charge in [-0.1, -0.05) is 49.3 Å². The molecule has 0 spiro atoms. The molecule has 1 aromatic rings. The van der Waals surface area contributed by atoms with Gasteiger partial charge in [0.05, 0.1) is 6.21 Å². The Morgan fingerprint density at radius 3 is 2.21 bits per heavy atom. The van der Waals surface area contributed by atoms with Crippen LogP contribution in [0.2, 0.25) is 0 Å². The van der Waals surface area contributed by atoms with Crippen molar-refractivity contribution < 1.29 is 4.84 Å². The number of rotatable bonds is 3. The van der Waals surface area contributed by atoms with Gasteiger partial charge in [-0.3, -0.25) is 0 Å². The monoisotopic (exact) mass is 193 g/mol. The molecule has 0 fully saturated rings. The van der Waals surface area contributed by atoms with E-state index in [0.717, 1.165) is 5.56 Å². The maximum absolute atomic E-state index is 5.02. The maximum Gasteiger partial charge on any atom is 0.122 e. The van der Waals surface area contributed by atoms with Crippen LogP contribution in [0.5, 0.6) is 0 Å². The fraction of sp³-hybridized carbons (Fsp3) is 0.417. The largest absolute Gasteiger partial charge is 0.393 e. The number of hydrogen-bond donors (Lipinski definition) is 0. The minimum absolute atomic E-state index is 0.143. The molecule has 14 heavy (non-hydrogen) atoms. The Labute approximate surface area is 86.6 Å². The summed E-state index contributed by atoms with van der Waals surface area (Å²) < 4.78 is 0. The first kappa shape index (κ1) is 12.7. The van der Waals surface area contributed by atoms with Gasteiger partial charge in [0.25, 0.3) is 0 Å². The topological polar surface area (TPSA) is 21.6 Å². The van der Waals surface area contributed by atoms with Crippen LogP contribution in [0.15, 0.2) is 35.5 Å². The van der Waals surface area contributed by atoms with Crippen molar-refractivity contribution in [3.05, 3.63) is 35.9 Å². The molecule has 0 saturated carbocycles. The van der Waals surface area contributed by atoms with E-state index in [9.17, 15) is 0 Å². The van der Waals surface area contributed by atoms with Crippen molar-refractivity contribution in [2.45, 2.75) is 33.8 Å². The highest BCUT2D eigenvalue weighted by Gasteiger charge is 1.87. The summed E-state index contributed by atoms with van der Waals surface area (Å²) >= 11 is 0. The third-order valence-corrected chi connectivity index (χ3v) is 1.27. The summed E-state index contributed by atoms with van der Waals surface area (Å²) in [7, 11) is 0. The predicted octanol–water partition coefficient (Wildman–Crippen LogP) is 3.47. The third-order valence-electron chi connectivity index (χ3n) is 1.27. The molecule has 1 aromatic carbocycles. The van der Waals surface area contributed by atoms with E-state index in [4.69, 9.17) is 4.84 Å². The minimum atomic E-state index is 0.143. The van der Waals surface area contributed by atoms with Crippen molar-refractivity contribution in [1.29, 1.82) is 0 Å². The number of hydrogen-bond acceptors (Lipinski definition) is 2. The Kier molecular flexibility index (Phi) is 7.52. The molecule has 0 aliphatic rings. The molecule has 0 aliphatic heterocycles. The van der Waals surface area contributed by atoms with E-state index < -0.39 is 0 Å². The molecule has 0 saturated heterocycles. The van der Waals surface area contributed by atoms with Gasteiger partial charge in [-0.05, 0) is 19.4 Å². The molecule has 0 aromatic heterocycles. The predicted molar refractivity (Wildman–Crippen MR) is 61.6 cm³/mol. The normalized spacial score (nSPS) is 9.79. The van der Waals surface area contributed by atoms with Crippen LogP contribution in [0.4, 0.5) is 0 Å². The van der Waals surface area contributed by atoms with Crippen LogP contribution in [-0.2, 0) is 4.84 Å².